The van der Waals surface area contributed by atoms with Crippen LogP contribution in [0.1, 0.15) is 28.8 Å². The van der Waals surface area contributed by atoms with Crippen LogP contribution in [0.15, 0.2) is 54.6 Å². The Labute approximate surface area is 167 Å². The highest BCUT2D eigenvalue weighted by Gasteiger charge is 2.12. The first-order valence-electron chi connectivity index (χ1n) is 8.87. The first-order chi connectivity index (χ1) is 13.5. The van der Waals surface area contributed by atoms with Crippen LogP contribution in [-0.2, 0) is 20.1 Å². The van der Waals surface area contributed by atoms with E-state index in [4.69, 9.17) is 4.74 Å². The molecule has 0 radical (unpaired) electrons. The molecule has 0 spiro atoms. The number of benzene rings is 2. The fourth-order valence-electron chi connectivity index (χ4n) is 2.29. The molecular weight excluding hydrogens is 381 g/mol. The molecule has 148 valence electrons. The number of hydrogen-bond donors (Lipinski definition) is 1. The second-order valence-electron chi connectivity index (χ2n) is 5.98. The van der Waals surface area contributed by atoms with Gasteiger partial charge in [-0.1, -0.05) is 30.3 Å². The van der Waals surface area contributed by atoms with Crippen LogP contribution in [0.25, 0.3) is 0 Å². The summed E-state index contributed by atoms with van der Waals surface area (Å²) in [7, 11) is 0. The quantitative estimate of drug-likeness (QED) is 0.354. The van der Waals surface area contributed by atoms with Crippen molar-refractivity contribution in [1.82, 2.24) is 5.32 Å². The molecule has 28 heavy (non-hydrogen) atoms. The highest BCUT2D eigenvalue weighted by Crippen LogP contribution is 2.10. The topological polar surface area (TPSA) is 72.5 Å². The van der Waals surface area contributed by atoms with Crippen molar-refractivity contribution in [1.29, 1.82) is 0 Å². The van der Waals surface area contributed by atoms with E-state index in [1.807, 2.05) is 30.3 Å². The van der Waals surface area contributed by atoms with Crippen LogP contribution in [0.3, 0.4) is 0 Å². The Hall–Kier alpha value is -2.67. The molecule has 0 aromatic heterocycles. The van der Waals surface area contributed by atoms with Gasteiger partial charge in [0, 0.05) is 30.0 Å². The largest absolute Gasteiger partial charge is 0.456 e. The Balaban J connectivity index is 1.53. The summed E-state index contributed by atoms with van der Waals surface area (Å²) >= 11 is 1.70. The third-order valence-corrected chi connectivity index (χ3v) is 4.80. The second-order valence-corrected chi connectivity index (χ2v) is 7.08. The van der Waals surface area contributed by atoms with Crippen molar-refractivity contribution in [3.63, 3.8) is 0 Å². The smallest absolute Gasteiger partial charge is 0.306 e. The fraction of sp³-hybridized carbons (Fsp3) is 0.286. The predicted molar refractivity (Wildman–Crippen MR) is 107 cm³/mol. The van der Waals surface area contributed by atoms with Gasteiger partial charge in [0.2, 0.25) is 0 Å². The number of carbonyl (C=O) groups excluding carboxylic acids is 3. The molecule has 2 rings (SSSR count). The van der Waals surface area contributed by atoms with Gasteiger partial charge in [-0.3, -0.25) is 14.4 Å². The lowest BCUT2D eigenvalue weighted by molar-refractivity contribution is -0.148. The monoisotopic (exact) mass is 403 g/mol. The zero-order chi connectivity index (χ0) is 20.2. The Kier molecular flexibility index (Phi) is 9.21. The van der Waals surface area contributed by atoms with E-state index in [1.165, 1.54) is 29.8 Å². The molecule has 0 unspecified atom stereocenters. The van der Waals surface area contributed by atoms with E-state index in [0.717, 1.165) is 11.5 Å². The lowest BCUT2D eigenvalue weighted by Gasteiger charge is -2.07. The minimum atomic E-state index is -0.621. The van der Waals surface area contributed by atoms with E-state index in [9.17, 15) is 18.8 Å². The van der Waals surface area contributed by atoms with Crippen LogP contribution in [0.2, 0.25) is 0 Å². The van der Waals surface area contributed by atoms with Gasteiger partial charge in [0.1, 0.15) is 5.82 Å². The van der Waals surface area contributed by atoms with E-state index in [1.54, 1.807) is 11.8 Å². The molecule has 1 amide bonds. The number of ether oxygens (including phenoxy) is 1. The molecule has 0 saturated heterocycles. The van der Waals surface area contributed by atoms with Crippen LogP contribution in [0, 0.1) is 5.82 Å². The normalized spacial score (nSPS) is 10.3. The molecule has 2 aromatic carbocycles. The molecule has 0 fully saturated rings. The van der Waals surface area contributed by atoms with Gasteiger partial charge in [-0.2, -0.15) is 11.8 Å². The second kappa shape index (κ2) is 11.9. The maximum Gasteiger partial charge on any atom is 0.306 e. The van der Waals surface area contributed by atoms with E-state index in [-0.39, 0.29) is 31.1 Å². The third kappa shape index (κ3) is 8.35. The SMILES string of the molecule is O=C(COC(=O)CCC(=O)c1ccc(F)cc1)NCCSCc1ccccc1. The predicted octanol–water partition coefficient (Wildman–Crippen LogP) is 3.38. The molecule has 0 aliphatic carbocycles. The standard InChI is InChI=1S/C21H22FNO4S/c22-18-8-6-17(7-9-18)19(24)10-11-21(26)27-14-20(25)23-12-13-28-15-16-4-2-1-3-5-16/h1-9H,10-15H2,(H,23,25). The maximum absolute atomic E-state index is 12.8. The van der Waals surface area contributed by atoms with Crippen molar-refractivity contribution in [3.8, 4) is 0 Å². The molecule has 0 atom stereocenters. The fourth-order valence-corrected chi connectivity index (χ4v) is 3.11. The molecule has 7 heteroatoms. The van der Waals surface area contributed by atoms with Crippen LogP contribution in [0.4, 0.5) is 4.39 Å². The third-order valence-electron chi connectivity index (χ3n) is 3.77. The van der Waals surface area contributed by atoms with E-state index >= 15 is 0 Å². The van der Waals surface area contributed by atoms with Crippen LogP contribution in [0.5, 0.6) is 0 Å². The minimum Gasteiger partial charge on any atom is -0.456 e. The van der Waals surface area contributed by atoms with Gasteiger partial charge < -0.3 is 10.1 Å². The highest BCUT2D eigenvalue weighted by molar-refractivity contribution is 7.98. The zero-order valence-corrected chi connectivity index (χ0v) is 16.2. The maximum atomic E-state index is 12.8. The summed E-state index contributed by atoms with van der Waals surface area (Å²) in [5, 5.41) is 2.68. The Morgan fingerprint density at radius 2 is 1.68 bits per heavy atom. The average molecular weight is 403 g/mol. The molecule has 0 bridgehead atoms. The summed E-state index contributed by atoms with van der Waals surface area (Å²) in [6.07, 6.45) is -0.182. The van der Waals surface area contributed by atoms with Gasteiger partial charge in [0.15, 0.2) is 12.4 Å². The number of rotatable bonds is 11. The van der Waals surface area contributed by atoms with E-state index in [0.29, 0.717) is 12.1 Å². The van der Waals surface area contributed by atoms with E-state index in [2.05, 4.69) is 5.32 Å². The van der Waals surface area contributed by atoms with Gasteiger partial charge >= 0.3 is 5.97 Å². The number of thioether (sulfide) groups is 1. The minimum absolute atomic E-state index is 0.0534. The number of carbonyl (C=O) groups is 3. The number of hydrogen-bond acceptors (Lipinski definition) is 5. The zero-order valence-electron chi connectivity index (χ0n) is 15.4. The molecular formula is C21H22FNO4S. The number of amides is 1. The Morgan fingerprint density at radius 1 is 0.964 bits per heavy atom. The van der Waals surface area contributed by atoms with Crippen molar-refractivity contribution in [2.45, 2.75) is 18.6 Å². The van der Waals surface area contributed by atoms with Crippen LogP contribution < -0.4 is 5.32 Å². The highest BCUT2D eigenvalue weighted by atomic mass is 32.2. The molecule has 0 aliphatic rings. The van der Waals surface area contributed by atoms with Gasteiger partial charge in [0.25, 0.3) is 5.91 Å². The Morgan fingerprint density at radius 3 is 2.39 bits per heavy atom. The number of esters is 1. The van der Waals surface area contributed by atoms with Crippen molar-refractivity contribution in [2.75, 3.05) is 18.9 Å². The van der Waals surface area contributed by atoms with Gasteiger partial charge in [0.05, 0.1) is 6.42 Å². The lowest BCUT2D eigenvalue weighted by atomic mass is 10.1. The van der Waals surface area contributed by atoms with Gasteiger partial charge in [-0.15, -0.1) is 0 Å². The first kappa shape index (κ1) is 21.6. The van der Waals surface area contributed by atoms with Crippen LogP contribution >= 0.6 is 11.8 Å². The van der Waals surface area contributed by atoms with Crippen molar-refractivity contribution < 1.29 is 23.5 Å². The summed E-state index contributed by atoms with van der Waals surface area (Å²) in [6, 6.07) is 15.1. The number of halogens is 1. The van der Waals surface area contributed by atoms with Gasteiger partial charge in [-0.05, 0) is 29.8 Å². The number of Topliss-reactive ketones (excluding diaryl/α,β-unsaturated/α-hetero) is 1. The van der Waals surface area contributed by atoms with E-state index < -0.39 is 11.8 Å². The molecule has 2 aromatic rings. The van der Waals surface area contributed by atoms with Crippen LogP contribution in [-0.4, -0.2) is 36.6 Å². The Bertz CT molecular complexity index is 781. The first-order valence-corrected chi connectivity index (χ1v) is 10.0. The number of ketones is 1. The molecule has 5 nitrogen and oxygen atoms in total. The lowest BCUT2D eigenvalue weighted by Crippen LogP contribution is -2.30. The summed E-state index contributed by atoms with van der Waals surface area (Å²) in [6.45, 7) is 0.115. The molecule has 1 N–H and O–H groups in total. The average Bonchev–Trinajstić information content (AvgIpc) is 2.71. The summed E-state index contributed by atoms with van der Waals surface area (Å²) < 4.78 is 17.7. The number of nitrogens with one attached hydrogen (secondary N) is 1. The van der Waals surface area contributed by atoms with Gasteiger partial charge in [-0.25, -0.2) is 4.39 Å². The molecule has 0 saturated carbocycles. The molecule has 0 heterocycles. The summed E-state index contributed by atoms with van der Waals surface area (Å²) in [5.74, 6) is -0.0889. The summed E-state index contributed by atoms with van der Waals surface area (Å²) in [4.78, 5) is 35.2. The van der Waals surface area contributed by atoms with Crippen molar-refractivity contribution >= 4 is 29.4 Å². The summed E-state index contributed by atoms with van der Waals surface area (Å²) in [5.41, 5.74) is 1.56. The molecule has 0 aliphatic heterocycles. The van der Waals surface area contributed by atoms with Crippen molar-refractivity contribution in [3.05, 3.63) is 71.5 Å². The van der Waals surface area contributed by atoms with Crippen molar-refractivity contribution in [2.24, 2.45) is 0 Å².